The summed E-state index contributed by atoms with van der Waals surface area (Å²) in [5.41, 5.74) is 0.788. The van der Waals surface area contributed by atoms with Gasteiger partial charge in [-0.15, -0.1) is 0 Å². The molecule has 2 unspecified atom stereocenters. The second-order valence-corrected chi connectivity index (χ2v) is 6.96. The Kier molecular flexibility index (Phi) is 3.07. The molecule has 0 bridgehead atoms. The van der Waals surface area contributed by atoms with Gasteiger partial charge in [-0.1, -0.05) is 50.2 Å². The van der Waals surface area contributed by atoms with Gasteiger partial charge in [-0.05, 0) is 12.1 Å². The molecule has 2 aromatic rings. The van der Waals surface area contributed by atoms with Crippen LogP contribution in [0.1, 0.15) is 37.8 Å². The fourth-order valence-corrected chi connectivity index (χ4v) is 4.09. The summed E-state index contributed by atoms with van der Waals surface area (Å²) in [6.07, 6.45) is 0.449. The molecule has 2 aliphatic rings. The molecule has 4 rings (SSSR count). The van der Waals surface area contributed by atoms with E-state index in [2.05, 4.69) is 0 Å². The summed E-state index contributed by atoms with van der Waals surface area (Å²) in [5, 5.41) is 0. The summed E-state index contributed by atoms with van der Waals surface area (Å²) in [4.78, 5) is 24.6. The monoisotopic (exact) mass is 322 g/mol. The van der Waals surface area contributed by atoms with Gasteiger partial charge in [-0.25, -0.2) is 0 Å². The molecule has 4 nitrogen and oxygen atoms in total. The minimum Gasteiger partial charge on any atom is -0.426 e. The van der Waals surface area contributed by atoms with Crippen LogP contribution >= 0.6 is 0 Å². The Morgan fingerprint density at radius 2 is 1.08 bits per heavy atom. The van der Waals surface area contributed by atoms with E-state index in [1.807, 2.05) is 50.2 Å². The van der Waals surface area contributed by atoms with Crippen molar-refractivity contribution in [1.82, 2.24) is 0 Å². The zero-order valence-corrected chi connectivity index (χ0v) is 13.7. The summed E-state index contributed by atoms with van der Waals surface area (Å²) >= 11 is 0. The van der Waals surface area contributed by atoms with E-state index in [1.54, 1.807) is 12.1 Å². The lowest BCUT2D eigenvalue weighted by atomic mass is 9.54. The van der Waals surface area contributed by atoms with Gasteiger partial charge in [0, 0.05) is 22.0 Å². The minimum atomic E-state index is -0.561. The largest absolute Gasteiger partial charge is 0.426 e. The van der Waals surface area contributed by atoms with Crippen molar-refractivity contribution in [2.24, 2.45) is 0 Å². The van der Waals surface area contributed by atoms with Crippen molar-refractivity contribution >= 4 is 11.9 Å². The zero-order chi connectivity index (χ0) is 16.9. The van der Waals surface area contributed by atoms with Gasteiger partial charge in [0.25, 0.3) is 0 Å². The number of benzene rings is 2. The van der Waals surface area contributed by atoms with Crippen LogP contribution in [0.5, 0.6) is 11.5 Å². The topological polar surface area (TPSA) is 52.6 Å². The predicted octanol–water partition coefficient (Wildman–Crippen LogP) is 3.52. The Morgan fingerprint density at radius 1 is 0.708 bits per heavy atom. The van der Waals surface area contributed by atoms with Gasteiger partial charge in [0.2, 0.25) is 0 Å². The van der Waals surface area contributed by atoms with Gasteiger partial charge in [0.1, 0.15) is 11.5 Å². The lowest BCUT2D eigenvalue weighted by Gasteiger charge is -2.50. The number of para-hydroxylation sites is 2. The van der Waals surface area contributed by atoms with Crippen LogP contribution in [-0.2, 0) is 20.4 Å². The Labute approximate surface area is 140 Å². The van der Waals surface area contributed by atoms with Gasteiger partial charge in [0.05, 0.1) is 12.8 Å². The fourth-order valence-electron chi connectivity index (χ4n) is 4.09. The molecular formula is C20H18O4. The molecule has 0 fully saturated rings. The van der Waals surface area contributed by atoms with Crippen LogP contribution in [0.3, 0.4) is 0 Å². The average Bonchev–Trinajstić information content (AvgIpc) is 2.54. The van der Waals surface area contributed by atoms with Crippen LogP contribution in [0.25, 0.3) is 0 Å². The van der Waals surface area contributed by atoms with E-state index >= 15 is 0 Å². The first kappa shape index (κ1) is 14.9. The van der Waals surface area contributed by atoms with Crippen molar-refractivity contribution in [3.05, 3.63) is 59.7 Å². The first-order valence-corrected chi connectivity index (χ1v) is 8.04. The molecule has 2 atom stereocenters. The average molecular weight is 322 g/mol. The summed E-state index contributed by atoms with van der Waals surface area (Å²) in [5.74, 6) is 0.616. The number of rotatable bonds is 1. The molecule has 24 heavy (non-hydrogen) atoms. The Bertz CT molecular complexity index is 785. The number of fused-ring (bicyclic) bond motifs is 2. The number of esters is 2. The van der Waals surface area contributed by atoms with Gasteiger partial charge in [-0.3, -0.25) is 9.59 Å². The molecule has 4 heteroatoms. The lowest BCUT2D eigenvalue weighted by molar-refractivity contribution is -0.143. The Hall–Kier alpha value is -2.62. The van der Waals surface area contributed by atoms with Gasteiger partial charge in [0.15, 0.2) is 0 Å². The molecule has 122 valence electrons. The van der Waals surface area contributed by atoms with Crippen molar-refractivity contribution in [3.63, 3.8) is 0 Å². The van der Waals surface area contributed by atoms with Gasteiger partial charge >= 0.3 is 11.9 Å². The molecule has 0 radical (unpaired) electrons. The molecule has 2 aliphatic heterocycles. The maximum absolute atomic E-state index is 12.3. The minimum absolute atomic E-state index is 0.224. The summed E-state index contributed by atoms with van der Waals surface area (Å²) in [6, 6.07) is 15.2. The van der Waals surface area contributed by atoms with Crippen LogP contribution < -0.4 is 9.47 Å². The number of carbonyl (C=O) groups excluding carboxylic acids is 2. The van der Waals surface area contributed by atoms with E-state index in [4.69, 9.17) is 9.47 Å². The molecule has 0 saturated heterocycles. The van der Waals surface area contributed by atoms with Crippen LogP contribution in [0.15, 0.2) is 48.5 Å². The van der Waals surface area contributed by atoms with E-state index in [1.165, 1.54) is 0 Å². The molecule has 0 spiro atoms. The summed E-state index contributed by atoms with van der Waals surface area (Å²) in [7, 11) is 0. The number of hydrogen-bond donors (Lipinski definition) is 0. The van der Waals surface area contributed by atoms with Crippen molar-refractivity contribution in [1.29, 1.82) is 0 Å². The van der Waals surface area contributed by atoms with Gasteiger partial charge < -0.3 is 9.47 Å². The third-order valence-corrected chi connectivity index (χ3v) is 5.62. The smallest absolute Gasteiger partial charge is 0.312 e. The highest BCUT2D eigenvalue weighted by Gasteiger charge is 2.55. The number of hydrogen-bond acceptors (Lipinski definition) is 4. The van der Waals surface area contributed by atoms with Gasteiger partial charge in [-0.2, -0.15) is 0 Å². The maximum atomic E-state index is 12.3. The van der Waals surface area contributed by atoms with Crippen molar-refractivity contribution < 1.29 is 19.1 Å². The second-order valence-electron chi connectivity index (χ2n) is 6.96. The van der Waals surface area contributed by atoms with E-state index in [0.717, 1.165) is 11.1 Å². The molecule has 0 amide bonds. The molecule has 0 aliphatic carbocycles. The first-order chi connectivity index (χ1) is 11.4. The third-order valence-electron chi connectivity index (χ3n) is 5.62. The Balaban J connectivity index is 1.98. The van der Waals surface area contributed by atoms with E-state index in [9.17, 15) is 9.59 Å². The maximum Gasteiger partial charge on any atom is 0.312 e. The van der Waals surface area contributed by atoms with Crippen molar-refractivity contribution in [2.75, 3.05) is 0 Å². The van der Waals surface area contributed by atoms with Crippen LogP contribution in [0.2, 0.25) is 0 Å². The van der Waals surface area contributed by atoms with Crippen LogP contribution in [-0.4, -0.2) is 11.9 Å². The third kappa shape index (κ3) is 1.92. The van der Waals surface area contributed by atoms with E-state index in [0.29, 0.717) is 11.5 Å². The molecule has 0 aromatic heterocycles. The fraction of sp³-hybridized carbons (Fsp3) is 0.300. The van der Waals surface area contributed by atoms with Crippen LogP contribution in [0, 0.1) is 0 Å². The van der Waals surface area contributed by atoms with Crippen molar-refractivity contribution in [2.45, 2.75) is 37.5 Å². The summed E-state index contributed by atoms with van der Waals surface area (Å²) < 4.78 is 10.8. The van der Waals surface area contributed by atoms with Crippen molar-refractivity contribution in [3.8, 4) is 11.5 Å². The molecule has 2 aromatic carbocycles. The second kappa shape index (κ2) is 4.94. The SMILES string of the molecule is CC1(C2(C)CC(=O)Oc3ccccc32)CC(=O)Oc2ccccc21. The molecule has 0 N–H and O–H groups in total. The number of carbonyl (C=O) groups is 2. The molecular weight excluding hydrogens is 304 g/mol. The highest BCUT2D eigenvalue weighted by molar-refractivity contribution is 5.82. The standard InChI is InChI=1S/C20H18O4/c1-19(11-17(21)23-15-9-5-3-7-13(15)19)20(2)12-18(22)24-16-10-6-4-8-14(16)20/h3-10H,11-12H2,1-2H3. The zero-order valence-electron chi connectivity index (χ0n) is 13.7. The van der Waals surface area contributed by atoms with E-state index < -0.39 is 10.8 Å². The van der Waals surface area contributed by atoms with E-state index in [-0.39, 0.29) is 24.8 Å². The highest BCUT2D eigenvalue weighted by atomic mass is 16.5. The quantitative estimate of drug-likeness (QED) is 0.595. The Morgan fingerprint density at radius 3 is 1.50 bits per heavy atom. The summed E-state index contributed by atoms with van der Waals surface area (Å²) in [6.45, 7) is 4.09. The lowest BCUT2D eigenvalue weighted by Crippen LogP contribution is -2.52. The predicted molar refractivity (Wildman–Crippen MR) is 88.1 cm³/mol. The normalized spacial score (nSPS) is 28.4. The molecule has 0 saturated carbocycles. The van der Waals surface area contributed by atoms with Crippen LogP contribution in [0.4, 0.5) is 0 Å². The number of ether oxygens (including phenoxy) is 2. The molecule has 2 heterocycles. The first-order valence-electron chi connectivity index (χ1n) is 8.04. The highest BCUT2D eigenvalue weighted by Crippen LogP contribution is 2.56.